The number of carbonyl (C=O) groups excluding carboxylic acids is 1. The highest BCUT2D eigenvalue weighted by atomic mass is 16.6. The van der Waals surface area contributed by atoms with Crippen LogP contribution in [0.3, 0.4) is 0 Å². The van der Waals surface area contributed by atoms with Crippen molar-refractivity contribution in [1.29, 1.82) is 0 Å². The number of ether oxygens (including phenoxy) is 1. The molecule has 0 atom stereocenters. The number of piperidine rings is 1. The molecule has 0 aliphatic carbocycles. The van der Waals surface area contributed by atoms with Crippen LogP contribution in [0.25, 0.3) is 0 Å². The second-order valence-corrected chi connectivity index (χ2v) is 5.84. The van der Waals surface area contributed by atoms with Gasteiger partial charge < -0.3 is 15.0 Å². The fourth-order valence-electron chi connectivity index (χ4n) is 2.38. The molecule has 0 aromatic rings. The van der Waals surface area contributed by atoms with Crippen molar-refractivity contribution in [1.82, 2.24) is 10.2 Å². The number of fused-ring (bicyclic) bond motifs is 2. The fraction of sp³-hybridized carbons (Fsp3) is 0.769. The molecule has 3 heterocycles. The van der Waals surface area contributed by atoms with E-state index in [-0.39, 0.29) is 6.09 Å². The van der Waals surface area contributed by atoms with Gasteiger partial charge in [-0.3, -0.25) is 0 Å². The van der Waals surface area contributed by atoms with Gasteiger partial charge in [0, 0.05) is 18.8 Å². The average molecular weight is 238 g/mol. The van der Waals surface area contributed by atoms with Crippen molar-refractivity contribution in [2.45, 2.75) is 39.2 Å². The van der Waals surface area contributed by atoms with Gasteiger partial charge in [0.2, 0.25) is 0 Å². The zero-order chi connectivity index (χ0) is 12.5. The van der Waals surface area contributed by atoms with E-state index in [0.29, 0.717) is 6.54 Å². The van der Waals surface area contributed by atoms with Crippen LogP contribution < -0.4 is 5.32 Å². The number of allylic oxidation sites excluding steroid dienone is 1. The Morgan fingerprint density at radius 2 is 2.12 bits per heavy atom. The van der Waals surface area contributed by atoms with Crippen LogP contribution >= 0.6 is 0 Å². The molecule has 17 heavy (non-hydrogen) atoms. The van der Waals surface area contributed by atoms with Gasteiger partial charge in [-0.05, 0) is 39.5 Å². The van der Waals surface area contributed by atoms with Crippen molar-refractivity contribution >= 4 is 6.09 Å². The molecule has 2 bridgehead atoms. The Morgan fingerprint density at radius 3 is 2.59 bits per heavy atom. The summed E-state index contributed by atoms with van der Waals surface area (Å²) in [4.78, 5) is 13.9. The van der Waals surface area contributed by atoms with Crippen LogP contribution in [0.2, 0.25) is 0 Å². The van der Waals surface area contributed by atoms with Crippen molar-refractivity contribution in [2.75, 3.05) is 19.6 Å². The van der Waals surface area contributed by atoms with Crippen LogP contribution in [-0.4, -0.2) is 36.2 Å². The van der Waals surface area contributed by atoms with Gasteiger partial charge in [-0.15, -0.1) is 0 Å². The van der Waals surface area contributed by atoms with Gasteiger partial charge in [-0.25, -0.2) is 4.79 Å². The van der Waals surface area contributed by atoms with E-state index in [1.165, 1.54) is 18.5 Å². The summed E-state index contributed by atoms with van der Waals surface area (Å²) in [5.41, 5.74) is 0.822. The van der Waals surface area contributed by atoms with Crippen molar-refractivity contribution in [3.63, 3.8) is 0 Å². The molecule has 1 N–H and O–H groups in total. The van der Waals surface area contributed by atoms with Crippen LogP contribution in [-0.2, 0) is 4.74 Å². The maximum atomic E-state index is 11.5. The van der Waals surface area contributed by atoms with E-state index in [4.69, 9.17) is 4.74 Å². The number of amides is 1. The highest BCUT2D eigenvalue weighted by Gasteiger charge is 2.26. The molecule has 3 aliphatic heterocycles. The van der Waals surface area contributed by atoms with E-state index in [1.54, 1.807) is 0 Å². The lowest BCUT2D eigenvalue weighted by molar-refractivity contribution is 0.0526. The zero-order valence-corrected chi connectivity index (χ0v) is 11.0. The predicted molar refractivity (Wildman–Crippen MR) is 66.6 cm³/mol. The molecule has 3 aliphatic rings. The standard InChI is InChI=1S/C13H22N2O2/c1-13(2,3)17-12(16)14-9-11-8-10-4-6-15(11)7-5-10/h8,10H,4-7,9H2,1-3H3,(H,14,16). The van der Waals surface area contributed by atoms with Crippen LogP contribution in [0.5, 0.6) is 0 Å². The third kappa shape index (κ3) is 3.38. The Hall–Kier alpha value is -1.19. The third-order valence-electron chi connectivity index (χ3n) is 3.19. The lowest BCUT2D eigenvalue weighted by atomic mass is 9.90. The summed E-state index contributed by atoms with van der Waals surface area (Å²) in [6.45, 7) is 8.47. The molecular formula is C13H22N2O2. The Labute approximate surface area is 103 Å². The first-order valence-electron chi connectivity index (χ1n) is 6.36. The van der Waals surface area contributed by atoms with E-state index in [1.807, 2.05) is 20.8 Å². The molecule has 1 amide bonds. The molecule has 0 aromatic heterocycles. The Morgan fingerprint density at radius 1 is 1.47 bits per heavy atom. The SMILES string of the molecule is CC(C)(C)OC(=O)NCC1=CC2CCN1CC2. The summed E-state index contributed by atoms with van der Waals surface area (Å²) in [6.07, 6.45) is 4.48. The topological polar surface area (TPSA) is 41.6 Å². The molecule has 96 valence electrons. The smallest absolute Gasteiger partial charge is 0.407 e. The van der Waals surface area contributed by atoms with Crippen LogP contribution in [0, 0.1) is 5.92 Å². The number of hydrogen-bond acceptors (Lipinski definition) is 3. The molecule has 1 saturated heterocycles. The largest absolute Gasteiger partial charge is 0.444 e. The highest BCUT2D eigenvalue weighted by molar-refractivity contribution is 5.68. The predicted octanol–water partition coefficient (Wildman–Crippen LogP) is 2.12. The molecule has 0 spiro atoms. The number of nitrogens with one attached hydrogen (secondary N) is 1. The van der Waals surface area contributed by atoms with Gasteiger partial charge in [-0.2, -0.15) is 0 Å². The van der Waals surface area contributed by atoms with Crippen LogP contribution in [0.15, 0.2) is 11.8 Å². The zero-order valence-electron chi connectivity index (χ0n) is 11.0. The molecule has 0 radical (unpaired) electrons. The van der Waals surface area contributed by atoms with Gasteiger partial charge in [0.25, 0.3) is 0 Å². The van der Waals surface area contributed by atoms with E-state index < -0.39 is 5.60 Å². The normalized spacial score (nSPS) is 20.2. The molecular weight excluding hydrogens is 216 g/mol. The minimum Gasteiger partial charge on any atom is -0.444 e. The summed E-state index contributed by atoms with van der Waals surface area (Å²) in [5.74, 6) is 0.718. The van der Waals surface area contributed by atoms with Crippen LogP contribution in [0.1, 0.15) is 33.6 Å². The van der Waals surface area contributed by atoms with Gasteiger partial charge in [0.1, 0.15) is 5.60 Å². The average Bonchev–Trinajstić information content (AvgIpc) is 2.26. The minimum absolute atomic E-state index is 0.332. The summed E-state index contributed by atoms with van der Waals surface area (Å²) in [6, 6.07) is 0. The van der Waals surface area contributed by atoms with Gasteiger partial charge in [0.15, 0.2) is 0 Å². The number of nitrogens with zero attached hydrogens (tertiary/aromatic N) is 1. The van der Waals surface area contributed by atoms with E-state index in [2.05, 4.69) is 16.3 Å². The summed E-state index contributed by atoms with van der Waals surface area (Å²) in [7, 11) is 0. The first-order chi connectivity index (χ1) is 7.94. The lowest BCUT2D eigenvalue weighted by Gasteiger charge is -2.40. The van der Waals surface area contributed by atoms with Gasteiger partial charge in [-0.1, -0.05) is 6.08 Å². The Kier molecular flexibility index (Phi) is 3.31. The maximum absolute atomic E-state index is 11.5. The highest BCUT2D eigenvalue weighted by Crippen LogP contribution is 2.28. The summed E-state index contributed by atoms with van der Waals surface area (Å²) >= 11 is 0. The molecule has 1 fully saturated rings. The number of hydrogen-bond donors (Lipinski definition) is 1. The molecule has 0 aromatic carbocycles. The molecule has 0 saturated carbocycles. The first-order valence-corrected chi connectivity index (χ1v) is 6.36. The fourth-order valence-corrected chi connectivity index (χ4v) is 2.38. The minimum atomic E-state index is -0.426. The van der Waals surface area contributed by atoms with Crippen molar-refractivity contribution in [2.24, 2.45) is 5.92 Å². The first kappa shape index (κ1) is 12.3. The lowest BCUT2D eigenvalue weighted by Crippen LogP contribution is -2.42. The molecule has 3 rings (SSSR count). The molecule has 4 nitrogen and oxygen atoms in total. The summed E-state index contributed by atoms with van der Waals surface area (Å²) in [5, 5.41) is 2.82. The van der Waals surface area contributed by atoms with E-state index in [9.17, 15) is 4.79 Å². The van der Waals surface area contributed by atoms with E-state index >= 15 is 0 Å². The van der Waals surface area contributed by atoms with E-state index in [0.717, 1.165) is 19.0 Å². The van der Waals surface area contributed by atoms with Crippen molar-refractivity contribution in [3.8, 4) is 0 Å². The number of alkyl carbamates (subject to hydrolysis) is 1. The number of rotatable bonds is 2. The van der Waals surface area contributed by atoms with Crippen LogP contribution in [0.4, 0.5) is 4.79 Å². The maximum Gasteiger partial charge on any atom is 0.407 e. The van der Waals surface area contributed by atoms with Gasteiger partial charge in [0.05, 0.1) is 6.54 Å². The van der Waals surface area contributed by atoms with Crippen molar-refractivity contribution in [3.05, 3.63) is 11.8 Å². The monoisotopic (exact) mass is 238 g/mol. The Balaban J connectivity index is 1.81. The van der Waals surface area contributed by atoms with Gasteiger partial charge >= 0.3 is 6.09 Å². The van der Waals surface area contributed by atoms with Crippen molar-refractivity contribution < 1.29 is 9.53 Å². The number of carbonyl (C=O) groups is 1. The molecule has 4 heteroatoms. The Bertz CT molecular complexity index is 323. The third-order valence-corrected chi connectivity index (χ3v) is 3.19. The second kappa shape index (κ2) is 4.59. The second-order valence-electron chi connectivity index (χ2n) is 5.84. The molecule has 0 unspecified atom stereocenters. The summed E-state index contributed by atoms with van der Waals surface area (Å²) < 4.78 is 5.21. The quantitative estimate of drug-likeness (QED) is 0.801.